The molecule has 82 valence electrons. The summed E-state index contributed by atoms with van der Waals surface area (Å²) in [4.78, 5) is 0. The Morgan fingerprint density at radius 2 is 1.73 bits per heavy atom. The molecular weight excluding hydrogens is 194 g/mol. The maximum atomic E-state index is 9.79. The fraction of sp³-hybridized carbons (Fsp3) is 0.455. The summed E-state index contributed by atoms with van der Waals surface area (Å²) in [5, 5.41) is 31.4. The highest BCUT2D eigenvalue weighted by molar-refractivity contribution is 5.23. The summed E-state index contributed by atoms with van der Waals surface area (Å²) in [6.07, 6.45) is -1.79. The van der Waals surface area contributed by atoms with E-state index in [1.807, 2.05) is 30.3 Å². The SMILES string of the molecule is OC[C@H]1N[C@@H](c2ccccc2)[C@@H](O)C1O. The van der Waals surface area contributed by atoms with Crippen LogP contribution >= 0.6 is 0 Å². The highest BCUT2D eigenvalue weighted by Gasteiger charge is 2.40. The van der Waals surface area contributed by atoms with E-state index in [4.69, 9.17) is 5.11 Å². The van der Waals surface area contributed by atoms with E-state index in [-0.39, 0.29) is 12.6 Å². The molecule has 1 unspecified atom stereocenters. The van der Waals surface area contributed by atoms with E-state index >= 15 is 0 Å². The molecule has 1 saturated heterocycles. The summed E-state index contributed by atoms with van der Waals surface area (Å²) in [6.45, 7) is -0.179. The molecule has 0 aliphatic carbocycles. The molecule has 0 bridgehead atoms. The summed E-state index contributed by atoms with van der Waals surface area (Å²) in [5.41, 5.74) is 0.917. The summed E-state index contributed by atoms with van der Waals surface area (Å²) in [5.74, 6) is 0. The standard InChI is InChI=1S/C11H15NO3/c13-6-8-10(14)11(15)9(12-8)7-4-2-1-3-5-7/h1-5,8-15H,6H2/t8-,9+,10?,11-/m1/s1. The Labute approximate surface area is 88.2 Å². The van der Waals surface area contributed by atoms with Gasteiger partial charge in [-0.15, -0.1) is 0 Å². The molecular formula is C11H15NO3. The maximum absolute atomic E-state index is 9.79. The molecule has 0 spiro atoms. The van der Waals surface area contributed by atoms with Crippen LogP contribution in [0.4, 0.5) is 0 Å². The molecule has 1 aliphatic heterocycles. The second-order valence-electron chi connectivity index (χ2n) is 3.83. The van der Waals surface area contributed by atoms with Crippen LogP contribution in [0.15, 0.2) is 30.3 Å². The van der Waals surface area contributed by atoms with Gasteiger partial charge in [0.25, 0.3) is 0 Å². The lowest BCUT2D eigenvalue weighted by molar-refractivity contribution is 0.0194. The van der Waals surface area contributed by atoms with Gasteiger partial charge in [0.05, 0.1) is 24.8 Å². The third kappa shape index (κ3) is 1.89. The number of rotatable bonds is 2. The van der Waals surface area contributed by atoms with Crippen molar-refractivity contribution in [1.29, 1.82) is 0 Å². The van der Waals surface area contributed by atoms with Crippen molar-refractivity contribution in [2.75, 3.05) is 6.61 Å². The van der Waals surface area contributed by atoms with Gasteiger partial charge in [-0.25, -0.2) is 0 Å². The van der Waals surface area contributed by atoms with Gasteiger partial charge in [0, 0.05) is 0 Å². The van der Waals surface area contributed by atoms with Crippen LogP contribution in [0.1, 0.15) is 11.6 Å². The number of aliphatic hydroxyl groups is 3. The molecule has 0 aromatic heterocycles. The second kappa shape index (κ2) is 4.28. The van der Waals surface area contributed by atoms with E-state index in [1.165, 1.54) is 0 Å². The fourth-order valence-corrected chi connectivity index (χ4v) is 1.98. The average molecular weight is 209 g/mol. The average Bonchev–Trinajstić information content (AvgIpc) is 2.57. The minimum atomic E-state index is -0.916. The van der Waals surface area contributed by atoms with Crippen molar-refractivity contribution < 1.29 is 15.3 Å². The molecule has 0 saturated carbocycles. The summed E-state index contributed by atoms with van der Waals surface area (Å²) >= 11 is 0. The van der Waals surface area contributed by atoms with Gasteiger partial charge >= 0.3 is 0 Å². The van der Waals surface area contributed by atoms with Crippen molar-refractivity contribution in [3.63, 3.8) is 0 Å². The third-order valence-electron chi connectivity index (χ3n) is 2.85. The quantitative estimate of drug-likeness (QED) is 0.525. The molecule has 4 N–H and O–H groups in total. The normalized spacial score (nSPS) is 35.7. The first-order valence-electron chi connectivity index (χ1n) is 5.02. The van der Waals surface area contributed by atoms with Crippen molar-refractivity contribution in [3.05, 3.63) is 35.9 Å². The van der Waals surface area contributed by atoms with Crippen LogP contribution in [-0.4, -0.2) is 40.2 Å². The van der Waals surface area contributed by atoms with Gasteiger partial charge in [-0.05, 0) is 5.56 Å². The lowest BCUT2D eigenvalue weighted by atomic mass is 10.0. The van der Waals surface area contributed by atoms with Crippen LogP contribution in [0.5, 0.6) is 0 Å². The summed E-state index contributed by atoms with van der Waals surface area (Å²) in [6, 6.07) is 8.65. The Balaban J connectivity index is 2.19. The molecule has 1 aromatic carbocycles. The smallest absolute Gasteiger partial charge is 0.101 e. The van der Waals surface area contributed by atoms with Crippen molar-refractivity contribution in [2.24, 2.45) is 0 Å². The zero-order chi connectivity index (χ0) is 10.8. The van der Waals surface area contributed by atoms with Crippen molar-refractivity contribution in [2.45, 2.75) is 24.3 Å². The highest BCUT2D eigenvalue weighted by Crippen LogP contribution is 2.27. The zero-order valence-electron chi connectivity index (χ0n) is 8.24. The number of hydrogen-bond acceptors (Lipinski definition) is 4. The zero-order valence-corrected chi connectivity index (χ0v) is 8.24. The van der Waals surface area contributed by atoms with E-state index in [0.29, 0.717) is 0 Å². The third-order valence-corrected chi connectivity index (χ3v) is 2.85. The van der Waals surface area contributed by atoms with Gasteiger partial charge in [-0.2, -0.15) is 0 Å². The van der Waals surface area contributed by atoms with Crippen LogP contribution in [0.25, 0.3) is 0 Å². The molecule has 1 fully saturated rings. The molecule has 4 heteroatoms. The monoisotopic (exact) mass is 209 g/mol. The molecule has 0 amide bonds. The van der Waals surface area contributed by atoms with Gasteiger partial charge in [-0.3, -0.25) is 0 Å². The lowest BCUT2D eigenvalue weighted by Crippen LogP contribution is -2.35. The fourth-order valence-electron chi connectivity index (χ4n) is 1.98. The predicted molar refractivity (Wildman–Crippen MR) is 55.2 cm³/mol. The van der Waals surface area contributed by atoms with Crippen molar-refractivity contribution in [3.8, 4) is 0 Å². The van der Waals surface area contributed by atoms with E-state index in [1.54, 1.807) is 0 Å². The Morgan fingerprint density at radius 1 is 1.07 bits per heavy atom. The van der Waals surface area contributed by atoms with Gasteiger partial charge in [0.1, 0.15) is 6.10 Å². The Hall–Kier alpha value is -0.940. The van der Waals surface area contributed by atoms with Gasteiger partial charge in [-0.1, -0.05) is 30.3 Å². The number of nitrogens with one attached hydrogen (secondary N) is 1. The lowest BCUT2D eigenvalue weighted by Gasteiger charge is -2.15. The number of benzene rings is 1. The van der Waals surface area contributed by atoms with Crippen LogP contribution in [0.2, 0.25) is 0 Å². The molecule has 0 radical (unpaired) electrons. The molecule has 2 rings (SSSR count). The summed E-state index contributed by atoms with van der Waals surface area (Å²) in [7, 11) is 0. The highest BCUT2D eigenvalue weighted by atomic mass is 16.3. The molecule has 4 nitrogen and oxygen atoms in total. The first-order valence-corrected chi connectivity index (χ1v) is 5.02. The van der Waals surface area contributed by atoms with E-state index in [0.717, 1.165) is 5.56 Å². The van der Waals surface area contributed by atoms with Crippen LogP contribution in [0.3, 0.4) is 0 Å². The van der Waals surface area contributed by atoms with E-state index in [2.05, 4.69) is 5.32 Å². The first kappa shape index (κ1) is 10.6. The Kier molecular flexibility index (Phi) is 3.02. The number of hydrogen-bond donors (Lipinski definition) is 4. The minimum Gasteiger partial charge on any atom is -0.395 e. The van der Waals surface area contributed by atoms with Crippen LogP contribution in [0, 0.1) is 0 Å². The molecule has 1 heterocycles. The van der Waals surface area contributed by atoms with Gasteiger partial charge in [0.15, 0.2) is 0 Å². The molecule has 15 heavy (non-hydrogen) atoms. The second-order valence-corrected chi connectivity index (χ2v) is 3.83. The molecule has 1 aliphatic rings. The van der Waals surface area contributed by atoms with Crippen molar-refractivity contribution >= 4 is 0 Å². The van der Waals surface area contributed by atoms with E-state index in [9.17, 15) is 10.2 Å². The van der Waals surface area contributed by atoms with Gasteiger partial charge in [0.2, 0.25) is 0 Å². The van der Waals surface area contributed by atoms with Crippen molar-refractivity contribution in [1.82, 2.24) is 5.32 Å². The first-order chi connectivity index (χ1) is 7.24. The van der Waals surface area contributed by atoms with Crippen LogP contribution in [-0.2, 0) is 0 Å². The topological polar surface area (TPSA) is 72.7 Å². The van der Waals surface area contributed by atoms with Crippen LogP contribution < -0.4 is 5.32 Å². The number of aliphatic hydroxyl groups excluding tert-OH is 3. The molecule has 1 aromatic rings. The molecule has 4 atom stereocenters. The Bertz CT molecular complexity index is 317. The largest absolute Gasteiger partial charge is 0.395 e. The maximum Gasteiger partial charge on any atom is 0.101 e. The minimum absolute atomic E-state index is 0.179. The summed E-state index contributed by atoms with van der Waals surface area (Å²) < 4.78 is 0. The van der Waals surface area contributed by atoms with E-state index < -0.39 is 18.2 Å². The van der Waals surface area contributed by atoms with Gasteiger partial charge < -0.3 is 20.6 Å². The Morgan fingerprint density at radius 3 is 2.27 bits per heavy atom. The predicted octanol–water partition coefficient (Wildman–Crippen LogP) is -0.586.